The number of carbonyl (C=O) groups is 2. The van der Waals surface area contributed by atoms with Crippen molar-refractivity contribution in [1.29, 1.82) is 0 Å². The van der Waals surface area contributed by atoms with Gasteiger partial charge in [0.1, 0.15) is 6.04 Å². The van der Waals surface area contributed by atoms with Crippen LogP contribution in [0.1, 0.15) is 33.6 Å². The Kier molecular flexibility index (Phi) is 7.21. The van der Waals surface area contributed by atoms with Crippen molar-refractivity contribution in [3.05, 3.63) is 0 Å². The molecule has 0 bridgehead atoms. The van der Waals surface area contributed by atoms with Gasteiger partial charge in [-0.25, -0.2) is 0 Å². The molecule has 0 aromatic rings. The molecule has 0 radical (unpaired) electrons. The lowest BCUT2D eigenvalue weighted by molar-refractivity contribution is -0.141. The number of amides is 1. The fraction of sp³-hybridized carbons (Fsp3) is 0.800. The van der Waals surface area contributed by atoms with Crippen molar-refractivity contribution in [3.63, 3.8) is 0 Å². The van der Waals surface area contributed by atoms with E-state index < -0.39 is 12.0 Å². The highest BCUT2D eigenvalue weighted by molar-refractivity contribution is 8.00. The van der Waals surface area contributed by atoms with Crippen molar-refractivity contribution in [2.75, 3.05) is 5.75 Å². The molecule has 2 atom stereocenters. The SMILES string of the molecule is CCCCSC(C)C(=O)N[C@H](C)C(=O)O. The lowest BCUT2D eigenvalue weighted by atomic mass is 10.3. The maximum Gasteiger partial charge on any atom is 0.325 e. The fourth-order valence-electron chi connectivity index (χ4n) is 0.873. The summed E-state index contributed by atoms with van der Waals surface area (Å²) in [5, 5.41) is 10.9. The molecule has 0 aliphatic rings. The van der Waals surface area contributed by atoms with Crippen LogP contribution in [-0.4, -0.2) is 34.0 Å². The molecule has 0 aromatic carbocycles. The number of carboxylic acid groups (broad SMARTS) is 1. The third kappa shape index (κ3) is 6.38. The Labute approximate surface area is 94.8 Å². The summed E-state index contributed by atoms with van der Waals surface area (Å²) in [4.78, 5) is 22.0. The van der Waals surface area contributed by atoms with Crippen LogP contribution in [-0.2, 0) is 9.59 Å². The predicted molar refractivity (Wildman–Crippen MR) is 62.1 cm³/mol. The fourth-order valence-corrected chi connectivity index (χ4v) is 1.90. The lowest BCUT2D eigenvalue weighted by Gasteiger charge is -2.14. The van der Waals surface area contributed by atoms with Crippen LogP contribution in [0.3, 0.4) is 0 Å². The Hall–Kier alpha value is -0.710. The summed E-state index contributed by atoms with van der Waals surface area (Å²) < 4.78 is 0. The van der Waals surface area contributed by atoms with Crippen LogP contribution in [0.2, 0.25) is 0 Å². The number of unbranched alkanes of at least 4 members (excludes halogenated alkanes) is 1. The molecule has 0 aliphatic heterocycles. The first-order chi connectivity index (χ1) is 6.99. The van der Waals surface area contributed by atoms with E-state index in [0.717, 1.165) is 18.6 Å². The van der Waals surface area contributed by atoms with Gasteiger partial charge in [-0.3, -0.25) is 9.59 Å². The molecule has 1 amide bonds. The molecular formula is C10H19NO3S. The second-order valence-electron chi connectivity index (χ2n) is 3.44. The average Bonchev–Trinajstić information content (AvgIpc) is 2.17. The quantitative estimate of drug-likeness (QED) is 0.654. The minimum atomic E-state index is -1.01. The van der Waals surface area contributed by atoms with Gasteiger partial charge in [0.05, 0.1) is 5.25 Å². The van der Waals surface area contributed by atoms with Crippen LogP contribution in [0.4, 0.5) is 0 Å². The van der Waals surface area contributed by atoms with Crippen molar-refractivity contribution < 1.29 is 14.7 Å². The molecule has 4 nitrogen and oxygen atoms in total. The van der Waals surface area contributed by atoms with Crippen molar-refractivity contribution >= 4 is 23.6 Å². The standard InChI is InChI=1S/C10H19NO3S/c1-4-5-6-15-8(3)9(12)11-7(2)10(13)14/h7-8H,4-6H2,1-3H3,(H,11,12)(H,13,14)/t7-,8?/m1/s1. The smallest absolute Gasteiger partial charge is 0.325 e. The zero-order valence-corrected chi connectivity index (χ0v) is 10.3. The zero-order valence-electron chi connectivity index (χ0n) is 9.45. The van der Waals surface area contributed by atoms with Crippen molar-refractivity contribution in [2.24, 2.45) is 0 Å². The molecular weight excluding hydrogens is 214 g/mol. The van der Waals surface area contributed by atoms with E-state index in [1.807, 2.05) is 0 Å². The number of carbonyl (C=O) groups excluding carboxylic acids is 1. The highest BCUT2D eigenvalue weighted by atomic mass is 32.2. The highest BCUT2D eigenvalue weighted by Gasteiger charge is 2.18. The second-order valence-corrected chi connectivity index (χ2v) is 4.88. The van der Waals surface area contributed by atoms with E-state index >= 15 is 0 Å². The minimum Gasteiger partial charge on any atom is -0.480 e. The van der Waals surface area contributed by atoms with Gasteiger partial charge in [-0.05, 0) is 26.0 Å². The first kappa shape index (κ1) is 14.3. The van der Waals surface area contributed by atoms with Gasteiger partial charge < -0.3 is 10.4 Å². The number of rotatable bonds is 7. The lowest BCUT2D eigenvalue weighted by Crippen LogP contribution is -2.42. The molecule has 88 valence electrons. The van der Waals surface area contributed by atoms with Gasteiger partial charge in [-0.1, -0.05) is 13.3 Å². The van der Waals surface area contributed by atoms with Crippen molar-refractivity contribution in [1.82, 2.24) is 5.32 Å². The molecule has 5 heteroatoms. The summed E-state index contributed by atoms with van der Waals surface area (Å²) >= 11 is 1.56. The summed E-state index contributed by atoms with van der Waals surface area (Å²) in [6.07, 6.45) is 2.18. The Morgan fingerprint density at radius 2 is 2.00 bits per heavy atom. The number of hydrogen-bond acceptors (Lipinski definition) is 3. The topological polar surface area (TPSA) is 66.4 Å². The molecule has 0 spiro atoms. The summed E-state index contributed by atoms with van der Waals surface area (Å²) in [6.45, 7) is 5.35. The normalized spacial score (nSPS) is 14.3. The van der Waals surface area contributed by atoms with Gasteiger partial charge in [0.15, 0.2) is 0 Å². The first-order valence-electron chi connectivity index (χ1n) is 5.13. The number of aliphatic carboxylic acids is 1. The van der Waals surface area contributed by atoms with Gasteiger partial charge in [-0.15, -0.1) is 11.8 Å². The number of thioether (sulfide) groups is 1. The third-order valence-electron chi connectivity index (χ3n) is 1.96. The molecule has 0 saturated carbocycles. The van der Waals surface area contributed by atoms with E-state index in [-0.39, 0.29) is 11.2 Å². The molecule has 0 heterocycles. The minimum absolute atomic E-state index is 0.182. The van der Waals surface area contributed by atoms with Crippen LogP contribution in [0.25, 0.3) is 0 Å². The maximum absolute atomic E-state index is 11.5. The molecule has 2 N–H and O–H groups in total. The molecule has 0 aromatic heterocycles. The van der Waals surface area contributed by atoms with Crippen LogP contribution in [0.5, 0.6) is 0 Å². The molecule has 0 saturated heterocycles. The number of carboxylic acids is 1. The van der Waals surface area contributed by atoms with E-state index in [9.17, 15) is 9.59 Å². The third-order valence-corrected chi connectivity index (χ3v) is 3.20. The molecule has 0 aliphatic carbocycles. The van der Waals surface area contributed by atoms with Crippen LogP contribution >= 0.6 is 11.8 Å². The molecule has 0 rings (SSSR count). The van der Waals surface area contributed by atoms with Gasteiger partial charge in [0.25, 0.3) is 0 Å². The van der Waals surface area contributed by atoms with E-state index in [2.05, 4.69) is 12.2 Å². The Balaban J connectivity index is 3.83. The van der Waals surface area contributed by atoms with E-state index in [4.69, 9.17) is 5.11 Å². The summed E-state index contributed by atoms with van der Waals surface area (Å²) in [6, 6.07) is -0.813. The van der Waals surface area contributed by atoms with E-state index in [1.54, 1.807) is 18.7 Å². The second kappa shape index (κ2) is 7.56. The zero-order chi connectivity index (χ0) is 11.8. The van der Waals surface area contributed by atoms with Crippen molar-refractivity contribution in [2.45, 2.75) is 44.9 Å². The van der Waals surface area contributed by atoms with Gasteiger partial charge >= 0.3 is 5.97 Å². The van der Waals surface area contributed by atoms with Gasteiger partial charge in [0, 0.05) is 0 Å². The molecule has 1 unspecified atom stereocenters. The highest BCUT2D eigenvalue weighted by Crippen LogP contribution is 2.12. The molecule has 15 heavy (non-hydrogen) atoms. The predicted octanol–water partition coefficient (Wildman–Crippen LogP) is 1.50. The van der Waals surface area contributed by atoms with Crippen LogP contribution in [0.15, 0.2) is 0 Å². The van der Waals surface area contributed by atoms with E-state index in [1.165, 1.54) is 6.92 Å². The largest absolute Gasteiger partial charge is 0.480 e. The first-order valence-corrected chi connectivity index (χ1v) is 6.18. The van der Waals surface area contributed by atoms with Gasteiger partial charge in [0.2, 0.25) is 5.91 Å². The summed E-state index contributed by atoms with van der Waals surface area (Å²) in [7, 11) is 0. The Morgan fingerprint density at radius 3 is 2.47 bits per heavy atom. The van der Waals surface area contributed by atoms with Gasteiger partial charge in [-0.2, -0.15) is 0 Å². The maximum atomic E-state index is 11.5. The number of hydrogen-bond donors (Lipinski definition) is 2. The number of nitrogens with one attached hydrogen (secondary N) is 1. The monoisotopic (exact) mass is 233 g/mol. The Bertz CT molecular complexity index is 221. The van der Waals surface area contributed by atoms with E-state index in [0.29, 0.717) is 0 Å². The van der Waals surface area contributed by atoms with Crippen molar-refractivity contribution in [3.8, 4) is 0 Å². The summed E-state index contributed by atoms with van der Waals surface area (Å²) in [5.74, 6) is -0.271. The average molecular weight is 233 g/mol. The van der Waals surface area contributed by atoms with Crippen LogP contribution in [0, 0.1) is 0 Å². The molecule has 0 fully saturated rings. The summed E-state index contributed by atoms with van der Waals surface area (Å²) in [5.41, 5.74) is 0. The van der Waals surface area contributed by atoms with Crippen LogP contribution < -0.4 is 5.32 Å². The Morgan fingerprint density at radius 1 is 1.40 bits per heavy atom.